The molecule has 0 aliphatic carbocycles. The Morgan fingerprint density at radius 1 is 1.70 bits per heavy atom. The first-order valence-corrected chi connectivity index (χ1v) is 6.20. The first-order chi connectivity index (χ1) is 9.38. The first kappa shape index (κ1) is 14.4. The zero-order chi connectivity index (χ0) is 14.9. The molecule has 1 aromatic heterocycles. The third kappa shape index (κ3) is 2.96. The van der Waals surface area contributed by atoms with Crippen LogP contribution >= 0.6 is 0 Å². The molecule has 0 saturated carbocycles. The highest BCUT2D eigenvalue weighted by atomic mass is 19.1. The van der Waals surface area contributed by atoms with E-state index in [1.165, 1.54) is 19.2 Å². The maximum atomic E-state index is 14.0. The molecule has 2 N–H and O–H groups in total. The molecule has 1 fully saturated rings. The Hall–Kier alpha value is -1.96. The van der Waals surface area contributed by atoms with Crippen LogP contribution in [0.1, 0.15) is 26.5 Å². The van der Waals surface area contributed by atoms with Gasteiger partial charge < -0.3 is 15.2 Å². The number of nitrogen functional groups attached to an aromatic ring is 1. The standard InChI is InChI=1S/C12H16FN3O4/c1-6(19-7(2)17)9-5-8(13)11(20-9)16-4-3-10(14)15-12(16)18/h3-4,6,8-9,11H,5H2,1-2H3,(H2,14,15,18)/t6-,8-,9-,11+/m0/s1. The number of nitrogens with two attached hydrogens (primary N) is 1. The third-order valence-corrected chi connectivity index (χ3v) is 3.08. The summed E-state index contributed by atoms with van der Waals surface area (Å²) in [5, 5.41) is 0. The number of carbonyl (C=O) groups excluding carboxylic acids is 1. The molecule has 1 aromatic rings. The Balaban J connectivity index is 2.15. The Labute approximate surface area is 114 Å². The van der Waals surface area contributed by atoms with Crippen LogP contribution in [0.2, 0.25) is 0 Å². The van der Waals surface area contributed by atoms with Gasteiger partial charge in [-0.15, -0.1) is 0 Å². The monoisotopic (exact) mass is 285 g/mol. The van der Waals surface area contributed by atoms with Gasteiger partial charge in [0.05, 0.1) is 6.10 Å². The van der Waals surface area contributed by atoms with E-state index >= 15 is 0 Å². The largest absolute Gasteiger partial charge is 0.460 e. The van der Waals surface area contributed by atoms with E-state index in [9.17, 15) is 14.0 Å². The number of rotatable bonds is 3. The lowest BCUT2D eigenvalue weighted by molar-refractivity contribution is -0.154. The van der Waals surface area contributed by atoms with Gasteiger partial charge in [-0.25, -0.2) is 9.18 Å². The van der Waals surface area contributed by atoms with Crippen molar-refractivity contribution in [2.24, 2.45) is 0 Å². The summed E-state index contributed by atoms with van der Waals surface area (Å²) in [5.74, 6) is -0.407. The fraction of sp³-hybridized carbons (Fsp3) is 0.583. The molecule has 1 aliphatic heterocycles. The normalized spacial score (nSPS) is 27.2. The van der Waals surface area contributed by atoms with E-state index in [0.29, 0.717) is 0 Å². The molecule has 4 atom stereocenters. The van der Waals surface area contributed by atoms with Gasteiger partial charge in [0.2, 0.25) is 0 Å². The second-order valence-electron chi connectivity index (χ2n) is 4.67. The number of alkyl halides is 1. The fourth-order valence-electron chi connectivity index (χ4n) is 2.16. The van der Waals surface area contributed by atoms with Crippen molar-refractivity contribution in [3.05, 3.63) is 22.7 Å². The molecule has 2 rings (SSSR count). The van der Waals surface area contributed by atoms with E-state index in [1.807, 2.05) is 0 Å². The van der Waals surface area contributed by atoms with Gasteiger partial charge in [0.25, 0.3) is 0 Å². The minimum absolute atomic E-state index is 0.0376. The summed E-state index contributed by atoms with van der Waals surface area (Å²) < 4.78 is 25.5. The van der Waals surface area contributed by atoms with E-state index in [4.69, 9.17) is 15.2 Å². The van der Waals surface area contributed by atoms with Crippen molar-refractivity contribution in [1.82, 2.24) is 9.55 Å². The van der Waals surface area contributed by atoms with E-state index < -0.39 is 36.3 Å². The third-order valence-electron chi connectivity index (χ3n) is 3.08. The SMILES string of the molecule is CC(=O)O[C@@H](C)[C@@H]1C[C@H](F)[C@H](n2ccc(N)nc2=O)O1. The van der Waals surface area contributed by atoms with Crippen molar-refractivity contribution in [3.63, 3.8) is 0 Å². The summed E-state index contributed by atoms with van der Waals surface area (Å²) in [6.45, 7) is 2.88. The molecule has 0 aromatic carbocycles. The van der Waals surface area contributed by atoms with Gasteiger partial charge in [-0.1, -0.05) is 0 Å². The zero-order valence-corrected chi connectivity index (χ0v) is 11.2. The van der Waals surface area contributed by atoms with Crippen molar-refractivity contribution in [1.29, 1.82) is 0 Å². The second-order valence-corrected chi connectivity index (χ2v) is 4.67. The molecule has 0 bridgehead atoms. The highest BCUT2D eigenvalue weighted by molar-refractivity contribution is 5.66. The Morgan fingerprint density at radius 2 is 2.40 bits per heavy atom. The van der Waals surface area contributed by atoms with Crippen LogP contribution in [0.4, 0.5) is 10.2 Å². The molecule has 1 aliphatic rings. The molecule has 0 unspecified atom stereocenters. The van der Waals surface area contributed by atoms with E-state index in [-0.39, 0.29) is 12.2 Å². The Kier molecular flexibility index (Phi) is 4.03. The van der Waals surface area contributed by atoms with Crippen LogP contribution in [-0.4, -0.2) is 33.9 Å². The fourth-order valence-corrected chi connectivity index (χ4v) is 2.16. The van der Waals surface area contributed by atoms with Gasteiger partial charge in [0.1, 0.15) is 18.1 Å². The average molecular weight is 285 g/mol. The summed E-state index contributed by atoms with van der Waals surface area (Å²) in [4.78, 5) is 26.1. The Morgan fingerprint density at radius 3 is 3.00 bits per heavy atom. The van der Waals surface area contributed by atoms with Crippen molar-refractivity contribution in [3.8, 4) is 0 Å². The number of halogens is 1. The lowest BCUT2D eigenvalue weighted by Crippen LogP contribution is -2.31. The first-order valence-electron chi connectivity index (χ1n) is 6.20. The number of aromatic nitrogens is 2. The van der Waals surface area contributed by atoms with Gasteiger partial charge in [-0.2, -0.15) is 4.98 Å². The van der Waals surface area contributed by atoms with Gasteiger partial charge in [-0.3, -0.25) is 9.36 Å². The van der Waals surface area contributed by atoms with Crippen molar-refractivity contribution < 1.29 is 18.7 Å². The van der Waals surface area contributed by atoms with Crippen molar-refractivity contribution >= 4 is 11.8 Å². The number of hydrogen-bond donors (Lipinski definition) is 1. The van der Waals surface area contributed by atoms with Gasteiger partial charge in [0, 0.05) is 19.5 Å². The number of anilines is 1. The maximum Gasteiger partial charge on any atom is 0.351 e. The highest BCUT2D eigenvalue weighted by Gasteiger charge is 2.40. The molecule has 0 spiro atoms. The zero-order valence-electron chi connectivity index (χ0n) is 11.2. The van der Waals surface area contributed by atoms with E-state index in [2.05, 4.69) is 4.98 Å². The lowest BCUT2D eigenvalue weighted by Gasteiger charge is -2.20. The van der Waals surface area contributed by atoms with Crippen LogP contribution in [0.3, 0.4) is 0 Å². The summed E-state index contributed by atoms with van der Waals surface area (Å²) in [6.07, 6.45) is -2.30. The molecular weight excluding hydrogens is 269 g/mol. The molecule has 20 heavy (non-hydrogen) atoms. The van der Waals surface area contributed by atoms with Gasteiger partial charge in [-0.05, 0) is 13.0 Å². The van der Waals surface area contributed by atoms with Gasteiger partial charge >= 0.3 is 11.7 Å². The highest BCUT2D eigenvalue weighted by Crippen LogP contribution is 2.32. The number of ether oxygens (including phenoxy) is 2. The summed E-state index contributed by atoms with van der Waals surface area (Å²) in [6, 6.07) is 1.39. The van der Waals surface area contributed by atoms with Crippen LogP contribution in [0.5, 0.6) is 0 Å². The van der Waals surface area contributed by atoms with E-state index in [0.717, 1.165) is 4.57 Å². The molecule has 110 valence electrons. The molecule has 0 radical (unpaired) electrons. The average Bonchev–Trinajstić information content (AvgIpc) is 2.70. The summed E-state index contributed by atoms with van der Waals surface area (Å²) >= 11 is 0. The smallest absolute Gasteiger partial charge is 0.351 e. The minimum atomic E-state index is -1.39. The topological polar surface area (TPSA) is 96.4 Å². The quantitative estimate of drug-likeness (QED) is 0.808. The Bertz CT molecular complexity index is 562. The van der Waals surface area contributed by atoms with E-state index in [1.54, 1.807) is 6.92 Å². The van der Waals surface area contributed by atoms with Crippen LogP contribution in [0.25, 0.3) is 0 Å². The molecule has 2 heterocycles. The van der Waals surface area contributed by atoms with Crippen LogP contribution in [0, 0.1) is 0 Å². The summed E-state index contributed by atoms with van der Waals surface area (Å²) in [5.41, 5.74) is 4.69. The van der Waals surface area contributed by atoms with Crippen LogP contribution < -0.4 is 11.4 Å². The predicted molar refractivity (Wildman–Crippen MR) is 67.6 cm³/mol. The molecular formula is C12H16FN3O4. The lowest BCUT2D eigenvalue weighted by atomic mass is 10.1. The van der Waals surface area contributed by atoms with Crippen LogP contribution in [0.15, 0.2) is 17.1 Å². The minimum Gasteiger partial charge on any atom is -0.460 e. The maximum absolute atomic E-state index is 14.0. The molecule has 7 nitrogen and oxygen atoms in total. The number of esters is 1. The number of carbonyl (C=O) groups is 1. The second kappa shape index (κ2) is 5.58. The van der Waals surface area contributed by atoms with Gasteiger partial charge in [0.15, 0.2) is 6.23 Å². The summed E-state index contributed by atoms with van der Waals surface area (Å²) in [7, 11) is 0. The van der Waals surface area contributed by atoms with Crippen molar-refractivity contribution in [2.45, 2.75) is 44.9 Å². The van der Waals surface area contributed by atoms with Crippen molar-refractivity contribution in [2.75, 3.05) is 5.73 Å². The number of nitrogens with zero attached hydrogens (tertiary/aromatic N) is 2. The van der Waals surface area contributed by atoms with Crippen LogP contribution in [-0.2, 0) is 14.3 Å². The molecule has 1 saturated heterocycles. The molecule has 0 amide bonds. The number of hydrogen-bond acceptors (Lipinski definition) is 6. The molecule has 8 heteroatoms. The predicted octanol–water partition coefficient (Wildman–Crippen LogP) is 0.403.